The van der Waals surface area contributed by atoms with Crippen LogP contribution in [0.3, 0.4) is 0 Å². The molecule has 1 aromatic rings. The van der Waals surface area contributed by atoms with Crippen LogP contribution in [-0.4, -0.2) is 53.4 Å². The molecule has 4 heterocycles. The molecule has 3 aliphatic rings. The summed E-state index contributed by atoms with van der Waals surface area (Å²) < 4.78 is 25.9. The molecule has 1 amide bonds. The van der Waals surface area contributed by atoms with Gasteiger partial charge >= 0.3 is 0 Å². The van der Waals surface area contributed by atoms with Crippen molar-refractivity contribution in [3.05, 3.63) is 30.1 Å². The van der Waals surface area contributed by atoms with Gasteiger partial charge in [0.25, 0.3) is 0 Å². The molecule has 0 aromatic carbocycles. The number of carbonyl (C=O) groups is 1. The molecular formula is C15H21N3O3S. The van der Waals surface area contributed by atoms with Crippen LogP contribution in [0.1, 0.15) is 25.5 Å². The van der Waals surface area contributed by atoms with Crippen LogP contribution in [0.2, 0.25) is 0 Å². The van der Waals surface area contributed by atoms with Crippen molar-refractivity contribution in [2.75, 3.05) is 18.8 Å². The summed E-state index contributed by atoms with van der Waals surface area (Å²) in [6, 6.07) is 5.59. The molecule has 1 aromatic heterocycles. The summed E-state index contributed by atoms with van der Waals surface area (Å²) in [5, 5.41) is 0. The summed E-state index contributed by atoms with van der Waals surface area (Å²) in [5.41, 5.74) is 0.841. The summed E-state index contributed by atoms with van der Waals surface area (Å²) in [5.74, 6) is -0.0690. The maximum absolute atomic E-state index is 12.6. The second-order valence-corrected chi connectivity index (χ2v) is 8.19. The van der Waals surface area contributed by atoms with Crippen LogP contribution in [0.25, 0.3) is 0 Å². The number of sulfonamides is 1. The van der Waals surface area contributed by atoms with Gasteiger partial charge in [-0.05, 0) is 31.9 Å². The first kappa shape index (κ1) is 15.4. The fraction of sp³-hybridized carbons (Fsp3) is 0.600. The van der Waals surface area contributed by atoms with Crippen molar-refractivity contribution in [1.82, 2.24) is 14.2 Å². The molecule has 6 nitrogen and oxygen atoms in total. The van der Waals surface area contributed by atoms with Gasteiger partial charge in [0.2, 0.25) is 15.9 Å². The molecule has 2 atom stereocenters. The zero-order chi connectivity index (χ0) is 15.7. The molecule has 0 aliphatic carbocycles. The highest BCUT2D eigenvalue weighted by Crippen LogP contribution is 2.31. The lowest BCUT2D eigenvalue weighted by atomic mass is 9.94. The fourth-order valence-electron chi connectivity index (χ4n) is 3.28. The van der Waals surface area contributed by atoms with Crippen LogP contribution in [0, 0.1) is 5.92 Å². The standard InChI is InChI=1S/C15H21N3O3S/c1-2-22(20,21)17-9-12-6-7-14(11-17)18(15(12)19)10-13-5-3-4-8-16-13/h3-5,8,12,14H,2,6-7,9-11H2,1H3/t12-,14+/m0/s1. The van der Waals surface area contributed by atoms with E-state index in [9.17, 15) is 13.2 Å². The lowest BCUT2D eigenvalue weighted by molar-refractivity contribution is -0.140. The van der Waals surface area contributed by atoms with Crippen LogP contribution in [-0.2, 0) is 21.4 Å². The van der Waals surface area contributed by atoms with Crippen LogP contribution < -0.4 is 0 Å². The Morgan fingerprint density at radius 2 is 2.09 bits per heavy atom. The molecule has 3 fully saturated rings. The van der Waals surface area contributed by atoms with Crippen molar-refractivity contribution in [1.29, 1.82) is 0 Å². The molecular weight excluding hydrogens is 302 g/mol. The fourth-order valence-corrected chi connectivity index (χ4v) is 4.46. The van der Waals surface area contributed by atoms with Gasteiger partial charge in [-0.2, -0.15) is 4.31 Å². The first-order chi connectivity index (χ1) is 10.5. The number of hydrogen-bond acceptors (Lipinski definition) is 4. The molecule has 7 heteroatoms. The monoisotopic (exact) mass is 323 g/mol. The van der Waals surface area contributed by atoms with Crippen molar-refractivity contribution in [3.63, 3.8) is 0 Å². The molecule has 0 N–H and O–H groups in total. The number of nitrogens with zero attached hydrogens (tertiary/aromatic N) is 3. The highest BCUT2D eigenvalue weighted by atomic mass is 32.2. The van der Waals surface area contributed by atoms with Crippen molar-refractivity contribution in [3.8, 4) is 0 Å². The Morgan fingerprint density at radius 3 is 2.77 bits per heavy atom. The van der Waals surface area contributed by atoms with Crippen LogP contribution in [0.15, 0.2) is 24.4 Å². The maximum Gasteiger partial charge on any atom is 0.227 e. The van der Waals surface area contributed by atoms with E-state index in [0.717, 1.165) is 18.5 Å². The number of rotatable bonds is 4. The zero-order valence-corrected chi connectivity index (χ0v) is 13.5. The Hall–Kier alpha value is -1.47. The molecule has 0 radical (unpaired) electrons. The zero-order valence-electron chi connectivity index (χ0n) is 12.7. The van der Waals surface area contributed by atoms with E-state index >= 15 is 0 Å². The Morgan fingerprint density at radius 1 is 1.27 bits per heavy atom. The first-order valence-electron chi connectivity index (χ1n) is 7.69. The number of pyridine rings is 1. The van der Waals surface area contributed by atoms with E-state index in [4.69, 9.17) is 0 Å². The molecule has 3 aliphatic heterocycles. The van der Waals surface area contributed by atoms with Gasteiger partial charge in [-0.1, -0.05) is 6.07 Å². The lowest BCUT2D eigenvalue weighted by Crippen LogP contribution is -2.47. The normalized spacial score (nSPS) is 26.2. The van der Waals surface area contributed by atoms with Gasteiger partial charge in [0.1, 0.15) is 0 Å². The number of aromatic nitrogens is 1. The minimum atomic E-state index is -3.25. The second kappa shape index (κ2) is 5.96. The van der Waals surface area contributed by atoms with Crippen LogP contribution in [0.5, 0.6) is 0 Å². The Balaban J connectivity index is 1.84. The minimum absolute atomic E-state index is 0.0467. The van der Waals surface area contributed by atoms with Gasteiger partial charge in [0.15, 0.2) is 0 Å². The number of fused-ring (bicyclic) bond motifs is 4. The third kappa shape index (κ3) is 2.87. The topological polar surface area (TPSA) is 70.6 Å². The van der Waals surface area contributed by atoms with E-state index in [-0.39, 0.29) is 23.6 Å². The first-order valence-corrected chi connectivity index (χ1v) is 9.30. The second-order valence-electron chi connectivity index (χ2n) is 5.93. The Bertz CT molecular complexity index is 647. The van der Waals surface area contributed by atoms with Gasteiger partial charge in [0, 0.05) is 25.3 Å². The van der Waals surface area contributed by atoms with Crippen LogP contribution in [0.4, 0.5) is 0 Å². The number of amides is 1. The van der Waals surface area contributed by atoms with Crippen molar-refractivity contribution >= 4 is 15.9 Å². The lowest BCUT2D eigenvalue weighted by Gasteiger charge is -2.35. The van der Waals surface area contributed by atoms with Crippen LogP contribution >= 0.6 is 0 Å². The van der Waals surface area contributed by atoms with Gasteiger partial charge < -0.3 is 4.90 Å². The predicted octanol–water partition coefficient (Wildman–Crippen LogP) is 0.854. The Kier molecular flexibility index (Phi) is 4.18. The quantitative estimate of drug-likeness (QED) is 0.824. The molecule has 0 spiro atoms. The minimum Gasteiger partial charge on any atom is -0.332 e. The van der Waals surface area contributed by atoms with E-state index in [1.165, 1.54) is 4.31 Å². The van der Waals surface area contributed by atoms with Crippen molar-refractivity contribution < 1.29 is 13.2 Å². The number of carbonyl (C=O) groups excluding carboxylic acids is 1. The van der Waals surface area contributed by atoms with E-state index in [1.807, 2.05) is 23.1 Å². The molecule has 22 heavy (non-hydrogen) atoms. The smallest absolute Gasteiger partial charge is 0.227 e. The van der Waals surface area contributed by atoms with Crippen molar-refractivity contribution in [2.24, 2.45) is 5.92 Å². The average Bonchev–Trinajstić information content (AvgIpc) is 2.82. The van der Waals surface area contributed by atoms with E-state index in [0.29, 0.717) is 19.6 Å². The van der Waals surface area contributed by atoms with Gasteiger partial charge in [0.05, 0.1) is 23.9 Å². The summed E-state index contributed by atoms with van der Waals surface area (Å²) in [6.45, 7) is 2.84. The van der Waals surface area contributed by atoms with Gasteiger partial charge in [-0.15, -0.1) is 0 Å². The highest BCUT2D eigenvalue weighted by Gasteiger charge is 2.43. The summed E-state index contributed by atoms with van der Waals surface area (Å²) in [7, 11) is -3.25. The maximum atomic E-state index is 12.6. The predicted molar refractivity (Wildman–Crippen MR) is 82.3 cm³/mol. The SMILES string of the molecule is CCS(=O)(=O)N1C[C@@H]2CC[C@H](C1)N(Cc1ccccn1)C2=O. The Labute approximate surface area is 131 Å². The molecule has 0 saturated carbocycles. The molecule has 4 rings (SSSR count). The molecule has 0 unspecified atom stereocenters. The van der Waals surface area contributed by atoms with Gasteiger partial charge in [-0.3, -0.25) is 9.78 Å². The van der Waals surface area contributed by atoms with E-state index < -0.39 is 10.0 Å². The highest BCUT2D eigenvalue weighted by molar-refractivity contribution is 7.89. The summed E-state index contributed by atoms with van der Waals surface area (Å²) in [6.07, 6.45) is 3.35. The third-order valence-electron chi connectivity index (χ3n) is 4.58. The average molecular weight is 323 g/mol. The van der Waals surface area contributed by atoms with Crippen molar-refractivity contribution in [2.45, 2.75) is 32.4 Å². The van der Waals surface area contributed by atoms with E-state index in [1.54, 1.807) is 13.1 Å². The molecule has 120 valence electrons. The molecule has 2 bridgehead atoms. The summed E-state index contributed by atoms with van der Waals surface area (Å²) >= 11 is 0. The number of hydrogen-bond donors (Lipinski definition) is 0. The van der Waals surface area contributed by atoms with Gasteiger partial charge in [-0.25, -0.2) is 8.42 Å². The number of piperidine rings is 1. The molecule has 3 saturated heterocycles. The largest absolute Gasteiger partial charge is 0.332 e. The summed E-state index contributed by atoms with van der Waals surface area (Å²) in [4.78, 5) is 18.7. The third-order valence-corrected chi connectivity index (χ3v) is 6.39. The van der Waals surface area contributed by atoms with E-state index in [2.05, 4.69) is 4.98 Å².